The quantitative estimate of drug-likeness (QED) is 0.180. The van der Waals surface area contributed by atoms with Crippen LogP contribution in [0.5, 0.6) is 0 Å². The van der Waals surface area contributed by atoms with Crippen molar-refractivity contribution in [2.75, 3.05) is 0 Å². The first kappa shape index (κ1) is 32.5. The molecule has 4 aromatic heterocycles. The minimum absolute atomic E-state index is 0.457. The van der Waals surface area contributed by atoms with E-state index in [0.717, 1.165) is 93.0 Å². The summed E-state index contributed by atoms with van der Waals surface area (Å²) in [5.74, 6) is 0. The zero-order chi connectivity index (χ0) is 39.6. The molecule has 0 fully saturated rings. The normalized spacial score (nSPS) is 12.0. The minimum Gasteiger partial charge on any atom is -0.456 e. The van der Waals surface area contributed by atoms with Crippen molar-refractivity contribution >= 4 is 98.1 Å². The molecule has 0 radical (unpaired) electrons. The highest BCUT2D eigenvalue weighted by Crippen LogP contribution is 2.44. The molecule has 0 saturated carbocycles. The van der Waals surface area contributed by atoms with Crippen molar-refractivity contribution in [1.29, 1.82) is 10.5 Å². The van der Waals surface area contributed by atoms with Crippen LogP contribution in [0.4, 0.5) is 0 Å². The summed E-state index contributed by atoms with van der Waals surface area (Å²) in [5, 5.41) is 33.1. The van der Waals surface area contributed by atoms with Crippen molar-refractivity contribution in [2.24, 2.45) is 0 Å². The van der Waals surface area contributed by atoms with E-state index in [0.29, 0.717) is 22.5 Å². The van der Waals surface area contributed by atoms with E-state index >= 15 is 0 Å². The molecule has 0 spiro atoms. The predicted molar refractivity (Wildman–Crippen MR) is 244 cm³/mol. The van der Waals surface area contributed by atoms with E-state index in [1.807, 2.05) is 42.5 Å². The topological polar surface area (TPSA) is 75.5 Å². The van der Waals surface area contributed by atoms with Gasteiger partial charge in [0.15, 0.2) is 0 Å². The van der Waals surface area contributed by atoms with E-state index < -0.39 is 0 Å². The molecule has 6 nitrogen and oxygen atoms in total. The number of fused-ring (bicyclic) bond motifs is 15. The van der Waals surface area contributed by atoms with Crippen LogP contribution in [0.3, 0.4) is 0 Å². The van der Waals surface area contributed by atoms with E-state index in [2.05, 4.69) is 159 Å². The summed E-state index contributed by atoms with van der Waals surface area (Å²) in [7, 11) is 0. The molecule has 0 amide bonds. The number of nitriles is 2. The average Bonchev–Trinajstić information content (AvgIpc) is 4.04. The maximum atomic E-state index is 11.1. The van der Waals surface area contributed by atoms with Gasteiger partial charge in [-0.15, -0.1) is 0 Å². The van der Waals surface area contributed by atoms with Crippen LogP contribution in [-0.4, -0.2) is 13.7 Å². The number of rotatable bonds is 3. The summed E-state index contributed by atoms with van der Waals surface area (Å²) in [6.07, 6.45) is 0. The molecule has 60 heavy (non-hydrogen) atoms. The van der Waals surface area contributed by atoms with Gasteiger partial charge in [0.2, 0.25) is 0 Å². The minimum atomic E-state index is 0.457. The summed E-state index contributed by atoms with van der Waals surface area (Å²) in [6, 6.07) is 65.8. The smallest absolute Gasteiger partial charge is 0.136 e. The summed E-state index contributed by atoms with van der Waals surface area (Å²) >= 11 is 0. The molecule has 0 aliphatic rings. The number of aromatic nitrogens is 3. The average molecular weight is 764 g/mol. The van der Waals surface area contributed by atoms with Gasteiger partial charge in [-0.1, -0.05) is 103 Å². The molecule has 0 N–H and O–H groups in total. The highest BCUT2D eigenvalue weighted by molar-refractivity contribution is 6.28. The highest BCUT2D eigenvalue weighted by Gasteiger charge is 2.24. The van der Waals surface area contributed by atoms with Crippen LogP contribution >= 0.6 is 0 Å². The second-order valence-electron chi connectivity index (χ2n) is 15.5. The second kappa shape index (κ2) is 12.0. The first-order chi connectivity index (χ1) is 29.7. The molecule has 0 bridgehead atoms. The van der Waals surface area contributed by atoms with E-state index in [-0.39, 0.29) is 0 Å². The standard InChI is InChI=1S/C54H29N5O/c55-30-33-28-49(34(31-56)27-48(33)58-44-19-9-5-15-39(44)52-36-12-2-1-11-32(36)21-23-46(52)58)59-45-24-22-35(57-42-17-7-3-13-37(42)38-14-4-8-18-43(38)57)29-41(45)53-47(59)25-26-51-54(53)40-16-6-10-20-50(40)60-51/h1-29H. The van der Waals surface area contributed by atoms with Gasteiger partial charge in [-0.25, -0.2) is 0 Å². The maximum Gasteiger partial charge on any atom is 0.136 e. The first-order valence-electron chi connectivity index (χ1n) is 20.0. The fraction of sp³-hybridized carbons (Fsp3) is 0. The largest absolute Gasteiger partial charge is 0.456 e. The van der Waals surface area contributed by atoms with Crippen LogP contribution in [-0.2, 0) is 0 Å². The fourth-order valence-corrected chi connectivity index (χ4v) is 10.0. The molecule has 13 rings (SSSR count). The Hall–Kier alpha value is -8.58. The van der Waals surface area contributed by atoms with Crippen LogP contribution in [0.2, 0.25) is 0 Å². The molecular formula is C54H29N5O. The third-order valence-electron chi connectivity index (χ3n) is 12.5. The van der Waals surface area contributed by atoms with Gasteiger partial charge >= 0.3 is 0 Å². The molecule has 13 aromatic rings. The Morgan fingerprint density at radius 2 is 0.867 bits per heavy atom. The molecule has 0 atom stereocenters. The molecule has 0 aliphatic heterocycles. The Morgan fingerprint density at radius 1 is 0.350 bits per heavy atom. The fourth-order valence-electron chi connectivity index (χ4n) is 10.0. The molecule has 9 aromatic carbocycles. The van der Waals surface area contributed by atoms with Crippen molar-refractivity contribution in [3.63, 3.8) is 0 Å². The van der Waals surface area contributed by atoms with Gasteiger partial charge < -0.3 is 18.1 Å². The lowest BCUT2D eigenvalue weighted by Gasteiger charge is -2.16. The molecule has 276 valence electrons. The molecule has 0 saturated heterocycles. The van der Waals surface area contributed by atoms with Gasteiger partial charge in [-0.05, 0) is 83.6 Å². The van der Waals surface area contributed by atoms with Crippen molar-refractivity contribution in [1.82, 2.24) is 13.7 Å². The number of para-hydroxylation sites is 4. The van der Waals surface area contributed by atoms with Crippen molar-refractivity contribution in [2.45, 2.75) is 0 Å². The van der Waals surface area contributed by atoms with E-state index in [1.54, 1.807) is 0 Å². The zero-order valence-corrected chi connectivity index (χ0v) is 31.9. The number of hydrogen-bond donors (Lipinski definition) is 0. The van der Waals surface area contributed by atoms with Gasteiger partial charge in [0.05, 0.1) is 55.6 Å². The Kier molecular flexibility index (Phi) is 6.48. The van der Waals surface area contributed by atoms with Crippen molar-refractivity contribution in [3.05, 3.63) is 187 Å². The number of benzene rings is 9. The third kappa shape index (κ3) is 4.23. The van der Waals surface area contributed by atoms with E-state index in [4.69, 9.17) is 4.42 Å². The molecular weight excluding hydrogens is 735 g/mol. The van der Waals surface area contributed by atoms with Crippen LogP contribution < -0.4 is 0 Å². The Balaban J connectivity index is 1.13. The van der Waals surface area contributed by atoms with Crippen LogP contribution in [0.15, 0.2) is 180 Å². The Morgan fingerprint density at radius 3 is 1.55 bits per heavy atom. The first-order valence-corrected chi connectivity index (χ1v) is 20.0. The lowest BCUT2D eigenvalue weighted by molar-refractivity contribution is 0.669. The number of hydrogen-bond acceptors (Lipinski definition) is 3. The Bertz CT molecular complexity index is 4050. The Labute approximate surface area is 341 Å². The van der Waals surface area contributed by atoms with Crippen LogP contribution in [0.25, 0.3) is 115 Å². The lowest BCUT2D eigenvalue weighted by Crippen LogP contribution is -2.04. The van der Waals surface area contributed by atoms with Crippen LogP contribution in [0, 0.1) is 22.7 Å². The highest BCUT2D eigenvalue weighted by atomic mass is 16.3. The maximum absolute atomic E-state index is 11.1. The van der Waals surface area contributed by atoms with Crippen LogP contribution in [0.1, 0.15) is 11.1 Å². The predicted octanol–water partition coefficient (Wildman–Crippen LogP) is 13.8. The van der Waals surface area contributed by atoms with Crippen molar-refractivity contribution in [3.8, 4) is 29.2 Å². The zero-order valence-electron chi connectivity index (χ0n) is 31.9. The number of furan rings is 1. The SMILES string of the molecule is N#Cc1cc(-n2c3ccc(-n4c5ccccc5c5ccccc54)cc3c3c4c(ccc32)oc2ccccc24)c(C#N)cc1-n1c2ccccc2c2c3ccccc3ccc21. The lowest BCUT2D eigenvalue weighted by atomic mass is 10.0. The molecule has 0 aliphatic carbocycles. The number of nitrogens with zero attached hydrogens (tertiary/aromatic N) is 5. The summed E-state index contributed by atoms with van der Waals surface area (Å²) in [5.41, 5.74) is 10.9. The summed E-state index contributed by atoms with van der Waals surface area (Å²) in [4.78, 5) is 0. The van der Waals surface area contributed by atoms with Gasteiger partial charge in [-0.2, -0.15) is 10.5 Å². The van der Waals surface area contributed by atoms with Gasteiger partial charge in [0.1, 0.15) is 23.3 Å². The molecule has 6 heteroatoms. The summed E-state index contributed by atoms with van der Waals surface area (Å²) < 4.78 is 13.1. The molecule has 4 heterocycles. The van der Waals surface area contributed by atoms with Gasteiger partial charge in [-0.3, -0.25) is 0 Å². The van der Waals surface area contributed by atoms with Crippen molar-refractivity contribution < 1.29 is 4.42 Å². The second-order valence-corrected chi connectivity index (χ2v) is 15.5. The van der Waals surface area contributed by atoms with E-state index in [9.17, 15) is 10.5 Å². The third-order valence-corrected chi connectivity index (χ3v) is 12.5. The summed E-state index contributed by atoms with van der Waals surface area (Å²) in [6.45, 7) is 0. The van der Waals surface area contributed by atoms with E-state index in [1.165, 1.54) is 10.8 Å². The monoisotopic (exact) mass is 763 g/mol. The van der Waals surface area contributed by atoms with Gasteiger partial charge in [0.25, 0.3) is 0 Å². The molecule has 0 unspecified atom stereocenters. The van der Waals surface area contributed by atoms with Gasteiger partial charge in [0, 0.05) is 48.8 Å².